The van der Waals surface area contributed by atoms with Crippen molar-refractivity contribution in [1.29, 1.82) is 0 Å². The quantitative estimate of drug-likeness (QED) is 0.589. The first kappa shape index (κ1) is 10.9. The second-order valence-corrected chi connectivity index (χ2v) is 2.62. The molecule has 0 aliphatic carbocycles. The molecule has 1 aromatic carbocycles. The van der Waals surface area contributed by atoms with Crippen LogP contribution < -0.4 is 5.73 Å². The largest absolute Gasteiger partial charge is 0.319 e. The molecule has 0 bridgehead atoms. The normalized spacial score (nSPS) is 13.4. The van der Waals surface area contributed by atoms with Crippen LogP contribution in [0.3, 0.4) is 0 Å². The maximum atomic E-state index is 12.8. The van der Waals surface area contributed by atoms with Crippen LogP contribution in [0.2, 0.25) is 0 Å². The SMILES string of the molecule is NC(c1ccc(F)c(F)c1F)C(F)F. The Labute approximate surface area is 76.3 Å². The van der Waals surface area contributed by atoms with Gasteiger partial charge < -0.3 is 5.73 Å². The molecule has 78 valence electrons. The summed E-state index contributed by atoms with van der Waals surface area (Å²) in [6.07, 6.45) is -3.03. The van der Waals surface area contributed by atoms with Crippen LogP contribution in [0.25, 0.3) is 0 Å². The van der Waals surface area contributed by atoms with Crippen LogP contribution in [0.15, 0.2) is 12.1 Å². The lowest BCUT2D eigenvalue weighted by Crippen LogP contribution is -2.21. The van der Waals surface area contributed by atoms with Gasteiger partial charge in [0.15, 0.2) is 17.5 Å². The first-order chi connectivity index (χ1) is 6.45. The van der Waals surface area contributed by atoms with Crippen molar-refractivity contribution in [3.05, 3.63) is 35.1 Å². The van der Waals surface area contributed by atoms with Gasteiger partial charge in [-0.25, -0.2) is 22.0 Å². The molecule has 1 atom stereocenters. The highest BCUT2D eigenvalue weighted by Gasteiger charge is 2.24. The zero-order chi connectivity index (χ0) is 10.9. The number of nitrogens with two attached hydrogens (primary N) is 1. The Bertz CT molecular complexity index is 339. The molecular weight excluding hydrogens is 205 g/mol. The number of benzene rings is 1. The summed E-state index contributed by atoms with van der Waals surface area (Å²) in [5.41, 5.74) is 4.14. The minimum Gasteiger partial charge on any atom is -0.319 e. The van der Waals surface area contributed by atoms with E-state index >= 15 is 0 Å². The van der Waals surface area contributed by atoms with Crippen LogP contribution in [0.5, 0.6) is 0 Å². The maximum Gasteiger partial charge on any atom is 0.257 e. The van der Waals surface area contributed by atoms with Gasteiger partial charge >= 0.3 is 0 Å². The molecule has 14 heavy (non-hydrogen) atoms. The molecule has 0 spiro atoms. The van der Waals surface area contributed by atoms with E-state index in [1.165, 1.54) is 0 Å². The van der Waals surface area contributed by atoms with Crippen LogP contribution in [0.4, 0.5) is 22.0 Å². The molecule has 0 amide bonds. The maximum absolute atomic E-state index is 12.8. The van der Waals surface area contributed by atoms with Crippen molar-refractivity contribution >= 4 is 0 Å². The van der Waals surface area contributed by atoms with Gasteiger partial charge in [-0.15, -0.1) is 0 Å². The Morgan fingerprint density at radius 3 is 2.07 bits per heavy atom. The monoisotopic (exact) mass is 211 g/mol. The van der Waals surface area contributed by atoms with Gasteiger partial charge in [-0.05, 0) is 6.07 Å². The van der Waals surface area contributed by atoms with Crippen molar-refractivity contribution in [3.8, 4) is 0 Å². The summed E-state index contributed by atoms with van der Waals surface area (Å²) in [5.74, 6) is -4.90. The minimum absolute atomic E-state index is 0.552. The molecule has 1 rings (SSSR count). The average Bonchev–Trinajstić information content (AvgIpc) is 2.13. The number of hydrogen-bond acceptors (Lipinski definition) is 1. The third kappa shape index (κ3) is 1.84. The van der Waals surface area contributed by atoms with Crippen LogP contribution in [-0.4, -0.2) is 6.43 Å². The molecule has 0 radical (unpaired) electrons. The highest BCUT2D eigenvalue weighted by Crippen LogP contribution is 2.23. The number of rotatable bonds is 2. The second kappa shape index (κ2) is 3.91. The van der Waals surface area contributed by atoms with Crippen molar-refractivity contribution in [2.45, 2.75) is 12.5 Å². The molecular formula is C8H6F5N. The fourth-order valence-electron chi connectivity index (χ4n) is 0.934. The fourth-order valence-corrected chi connectivity index (χ4v) is 0.934. The van der Waals surface area contributed by atoms with Gasteiger partial charge in [0.2, 0.25) is 0 Å². The molecule has 0 aliphatic heterocycles. The zero-order valence-corrected chi connectivity index (χ0v) is 6.78. The lowest BCUT2D eigenvalue weighted by Gasteiger charge is -2.11. The van der Waals surface area contributed by atoms with E-state index in [1.807, 2.05) is 0 Å². The van der Waals surface area contributed by atoms with E-state index in [2.05, 4.69) is 0 Å². The van der Waals surface area contributed by atoms with Crippen LogP contribution in [-0.2, 0) is 0 Å². The van der Waals surface area contributed by atoms with E-state index in [4.69, 9.17) is 5.73 Å². The topological polar surface area (TPSA) is 26.0 Å². The fraction of sp³-hybridized carbons (Fsp3) is 0.250. The van der Waals surface area contributed by atoms with E-state index < -0.39 is 35.5 Å². The van der Waals surface area contributed by atoms with Crippen LogP contribution in [0.1, 0.15) is 11.6 Å². The Balaban J connectivity index is 3.17. The van der Waals surface area contributed by atoms with Crippen molar-refractivity contribution in [2.24, 2.45) is 5.73 Å². The smallest absolute Gasteiger partial charge is 0.257 e. The predicted octanol–water partition coefficient (Wildman–Crippen LogP) is 2.37. The van der Waals surface area contributed by atoms with Gasteiger partial charge in [-0.1, -0.05) is 6.07 Å². The summed E-state index contributed by atoms with van der Waals surface area (Å²) in [6.45, 7) is 0. The molecule has 0 fully saturated rings. The molecule has 2 N–H and O–H groups in total. The zero-order valence-electron chi connectivity index (χ0n) is 6.78. The number of hydrogen-bond donors (Lipinski definition) is 1. The van der Waals surface area contributed by atoms with Crippen LogP contribution in [0, 0.1) is 17.5 Å². The highest BCUT2D eigenvalue weighted by atomic mass is 19.3. The molecule has 0 saturated heterocycles. The summed E-state index contributed by atoms with van der Waals surface area (Å²) in [5, 5.41) is 0. The Morgan fingerprint density at radius 2 is 1.57 bits per heavy atom. The molecule has 0 saturated carbocycles. The molecule has 1 nitrogen and oxygen atoms in total. The van der Waals surface area contributed by atoms with E-state index in [9.17, 15) is 22.0 Å². The standard InChI is InChI=1S/C8H6F5N/c9-4-2-1-3(5(10)6(4)11)7(14)8(12)13/h1-2,7-8H,14H2. The van der Waals surface area contributed by atoms with Crippen molar-refractivity contribution in [1.82, 2.24) is 0 Å². The van der Waals surface area contributed by atoms with E-state index in [1.54, 1.807) is 0 Å². The summed E-state index contributed by atoms with van der Waals surface area (Å²) in [6, 6.07) is -0.703. The molecule has 1 unspecified atom stereocenters. The Morgan fingerprint density at radius 1 is 1.00 bits per heavy atom. The Hall–Kier alpha value is -1.17. The van der Waals surface area contributed by atoms with Gasteiger partial charge in [-0.3, -0.25) is 0 Å². The first-order valence-electron chi connectivity index (χ1n) is 3.62. The summed E-state index contributed by atoms with van der Waals surface area (Å²) in [7, 11) is 0. The average molecular weight is 211 g/mol. The lowest BCUT2D eigenvalue weighted by molar-refractivity contribution is 0.114. The van der Waals surface area contributed by atoms with Gasteiger partial charge in [0.25, 0.3) is 6.43 Å². The molecule has 0 aliphatic rings. The Kier molecular flexibility index (Phi) is 3.05. The van der Waals surface area contributed by atoms with Gasteiger partial charge in [-0.2, -0.15) is 0 Å². The second-order valence-electron chi connectivity index (χ2n) is 2.62. The lowest BCUT2D eigenvalue weighted by atomic mass is 10.1. The first-order valence-corrected chi connectivity index (χ1v) is 3.62. The van der Waals surface area contributed by atoms with Gasteiger partial charge in [0, 0.05) is 5.56 Å². The van der Waals surface area contributed by atoms with Crippen molar-refractivity contribution in [3.63, 3.8) is 0 Å². The van der Waals surface area contributed by atoms with E-state index in [0.29, 0.717) is 12.1 Å². The molecule has 0 heterocycles. The van der Waals surface area contributed by atoms with Crippen molar-refractivity contribution < 1.29 is 22.0 Å². The van der Waals surface area contributed by atoms with Gasteiger partial charge in [0.1, 0.15) is 0 Å². The molecule has 6 heteroatoms. The highest BCUT2D eigenvalue weighted by molar-refractivity contribution is 5.23. The minimum atomic E-state index is -3.03. The predicted molar refractivity (Wildman–Crippen MR) is 39.2 cm³/mol. The number of alkyl halides is 2. The molecule has 1 aromatic rings. The summed E-state index contributed by atoms with van der Waals surface area (Å²) >= 11 is 0. The van der Waals surface area contributed by atoms with Crippen molar-refractivity contribution in [2.75, 3.05) is 0 Å². The van der Waals surface area contributed by atoms with Crippen LogP contribution >= 0.6 is 0 Å². The summed E-state index contributed by atoms with van der Waals surface area (Å²) in [4.78, 5) is 0. The number of halogens is 5. The van der Waals surface area contributed by atoms with Gasteiger partial charge in [0.05, 0.1) is 6.04 Å². The van der Waals surface area contributed by atoms with E-state index in [-0.39, 0.29) is 0 Å². The summed E-state index contributed by atoms with van der Waals surface area (Å²) < 4.78 is 61.8. The van der Waals surface area contributed by atoms with E-state index in [0.717, 1.165) is 0 Å². The third-order valence-corrected chi connectivity index (χ3v) is 1.70. The third-order valence-electron chi connectivity index (χ3n) is 1.70. The molecule has 0 aromatic heterocycles.